The van der Waals surface area contributed by atoms with Crippen molar-refractivity contribution in [3.05, 3.63) is 21.9 Å². The zero-order chi connectivity index (χ0) is 15.4. The van der Waals surface area contributed by atoms with Gasteiger partial charge in [0.05, 0.1) is 11.6 Å². The quantitative estimate of drug-likeness (QED) is 0.890. The Hall–Kier alpha value is -0.910. The lowest BCUT2D eigenvalue weighted by Gasteiger charge is -2.35. The van der Waals surface area contributed by atoms with Crippen molar-refractivity contribution in [1.29, 1.82) is 0 Å². The van der Waals surface area contributed by atoms with Gasteiger partial charge in [-0.2, -0.15) is 0 Å². The van der Waals surface area contributed by atoms with Gasteiger partial charge in [0.1, 0.15) is 5.15 Å². The molecule has 0 saturated carbocycles. The van der Waals surface area contributed by atoms with Gasteiger partial charge < -0.3 is 19.9 Å². The molecule has 0 aliphatic carbocycles. The summed E-state index contributed by atoms with van der Waals surface area (Å²) in [5.74, 6) is 0. The first-order chi connectivity index (χ1) is 10.0. The number of aliphatic hydroxyl groups is 1. The molecule has 2 amide bonds. The van der Waals surface area contributed by atoms with Crippen molar-refractivity contribution in [2.75, 3.05) is 13.2 Å². The number of carbonyl (C=O) groups is 1. The van der Waals surface area contributed by atoms with Crippen molar-refractivity contribution >= 4 is 29.2 Å². The Labute approximate surface area is 134 Å². The van der Waals surface area contributed by atoms with Gasteiger partial charge in [-0.05, 0) is 31.7 Å². The van der Waals surface area contributed by atoms with E-state index in [1.807, 2.05) is 11.9 Å². The minimum Gasteiger partial charge on any atom is -0.396 e. The molecule has 1 aromatic rings. The molecule has 5 nitrogen and oxygen atoms in total. The van der Waals surface area contributed by atoms with Crippen LogP contribution in [0.3, 0.4) is 0 Å². The number of carbonyl (C=O) groups excluding carboxylic acids is 1. The molecule has 1 unspecified atom stereocenters. The van der Waals surface area contributed by atoms with Crippen molar-refractivity contribution in [2.24, 2.45) is 7.05 Å². The van der Waals surface area contributed by atoms with Crippen LogP contribution in [0.25, 0.3) is 0 Å². The second kappa shape index (κ2) is 7.38. The largest absolute Gasteiger partial charge is 0.396 e. The highest BCUT2D eigenvalue weighted by molar-refractivity contribution is 6.41. The molecule has 2 rings (SSSR count). The summed E-state index contributed by atoms with van der Waals surface area (Å²) in [6.07, 6.45) is 3.71. The van der Waals surface area contributed by atoms with E-state index in [9.17, 15) is 4.79 Å². The molecule has 0 aromatic carbocycles. The van der Waals surface area contributed by atoms with E-state index in [0.717, 1.165) is 31.5 Å². The van der Waals surface area contributed by atoms with Gasteiger partial charge in [-0.1, -0.05) is 23.2 Å². The molecule has 1 fully saturated rings. The Morgan fingerprint density at radius 1 is 1.48 bits per heavy atom. The molecule has 0 radical (unpaired) electrons. The van der Waals surface area contributed by atoms with Gasteiger partial charge >= 0.3 is 6.03 Å². The molecule has 0 spiro atoms. The van der Waals surface area contributed by atoms with Crippen molar-refractivity contribution in [3.63, 3.8) is 0 Å². The normalized spacial score (nSPS) is 18.9. The average molecular weight is 334 g/mol. The van der Waals surface area contributed by atoms with Gasteiger partial charge in [-0.25, -0.2) is 4.79 Å². The first kappa shape index (κ1) is 16.5. The van der Waals surface area contributed by atoms with Crippen LogP contribution in [0.4, 0.5) is 4.79 Å². The van der Waals surface area contributed by atoms with Crippen molar-refractivity contribution < 1.29 is 9.90 Å². The fourth-order valence-corrected chi connectivity index (χ4v) is 3.16. The number of aliphatic hydroxyl groups excluding tert-OH is 1. The summed E-state index contributed by atoms with van der Waals surface area (Å²) >= 11 is 12.0. The van der Waals surface area contributed by atoms with Gasteiger partial charge in [-0.15, -0.1) is 0 Å². The Balaban J connectivity index is 1.95. The molecule has 7 heteroatoms. The fourth-order valence-electron chi connectivity index (χ4n) is 2.74. The number of hydrogen-bond donors (Lipinski definition) is 2. The molecule has 118 valence electrons. The average Bonchev–Trinajstić information content (AvgIpc) is 2.73. The molecule has 1 aromatic heterocycles. The van der Waals surface area contributed by atoms with E-state index in [0.29, 0.717) is 23.1 Å². The lowest BCUT2D eigenvalue weighted by atomic mass is 10.0. The molecule has 1 saturated heterocycles. The maximum Gasteiger partial charge on any atom is 0.317 e. The summed E-state index contributed by atoms with van der Waals surface area (Å²) in [6, 6.07) is 1.79. The molecule has 1 atom stereocenters. The third-order valence-electron chi connectivity index (χ3n) is 3.99. The highest BCUT2D eigenvalue weighted by atomic mass is 35.5. The summed E-state index contributed by atoms with van der Waals surface area (Å²) in [5.41, 5.74) is 0.856. The lowest BCUT2D eigenvalue weighted by Crippen LogP contribution is -2.48. The second-order valence-corrected chi connectivity index (χ2v) is 6.11. The number of amides is 2. The maximum absolute atomic E-state index is 12.3. The van der Waals surface area contributed by atoms with Crippen LogP contribution in [0.1, 0.15) is 31.4 Å². The summed E-state index contributed by atoms with van der Waals surface area (Å²) in [6.45, 7) is 1.23. The van der Waals surface area contributed by atoms with Crippen LogP contribution in [0.5, 0.6) is 0 Å². The molecule has 2 heterocycles. The van der Waals surface area contributed by atoms with E-state index in [1.165, 1.54) is 0 Å². The van der Waals surface area contributed by atoms with Gasteiger partial charge in [-0.3, -0.25) is 0 Å². The van der Waals surface area contributed by atoms with Crippen molar-refractivity contribution in [3.8, 4) is 0 Å². The zero-order valence-corrected chi connectivity index (χ0v) is 13.6. The maximum atomic E-state index is 12.3. The van der Waals surface area contributed by atoms with Crippen LogP contribution in [0.15, 0.2) is 6.07 Å². The number of likely N-dealkylation sites (tertiary alicyclic amines) is 1. The third kappa shape index (κ3) is 3.84. The Morgan fingerprint density at radius 3 is 2.86 bits per heavy atom. The van der Waals surface area contributed by atoms with Crippen LogP contribution in [0, 0.1) is 0 Å². The third-order valence-corrected chi connectivity index (χ3v) is 4.83. The topological polar surface area (TPSA) is 57.5 Å². The number of urea groups is 1. The number of piperidine rings is 1. The highest BCUT2D eigenvalue weighted by Crippen LogP contribution is 2.25. The number of rotatable bonds is 4. The smallest absolute Gasteiger partial charge is 0.317 e. The predicted octanol–water partition coefficient (Wildman–Crippen LogP) is 2.78. The van der Waals surface area contributed by atoms with E-state index < -0.39 is 0 Å². The number of aromatic nitrogens is 1. The van der Waals surface area contributed by atoms with E-state index in [1.54, 1.807) is 10.6 Å². The Morgan fingerprint density at radius 2 is 2.24 bits per heavy atom. The fraction of sp³-hybridized carbons (Fsp3) is 0.643. The van der Waals surface area contributed by atoms with Gasteiger partial charge in [0.25, 0.3) is 0 Å². The zero-order valence-electron chi connectivity index (χ0n) is 12.1. The molecule has 21 heavy (non-hydrogen) atoms. The first-order valence-corrected chi connectivity index (χ1v) is 7.95. The highest BCUT2D eigenvalue weighted by Gasteiger charge is 2.26. The second-order valence-electron chi connectivity index (χ2n) is 5.35. The first-order valence-electron chi connectivity index (χ1n) is 7.19. The van der Waals surface area contributed by atoms with Gasteiger partial charge in [0, 0.05) is 31.9 Å². The number of nitrogens with one attached hydrogen (secondary N) is 1. The number of halogens is 2. The molecule has 2 N–H and O–H groups in total. The van der Waals surface area contributed by atoms with Gasteiger partial charge in [0.2, 0.25) is 0 Å². The van der Waals surface area contributed by atoms with Crippen molar-refractivity contribution in [1.82, 2.24) is 14.8 Å². The summed E-state index contributed by atoms with van der Waals surface area (Å²) in [4.78, 5) is 14.1. The molecule has 1 aliphatic heterocycles. The number of nitrogens with zero attached hydrogens (tertiary/aromatic N) is 2. The minimum absolute atomic E-state index is 0.0957. The Bertz CT molecular complexity index is 503. The summed E-state index contributed by atoms with van der Waals surface area (Å²) in [7, 11) is 1.81. The molecule has 0 bridgehead atoms. The summed E-state index contributed by atoms with van der Waals surface area (Å²) in [5, 5.41) is 13.0. The van der Waals surface area contributed by atoms with Crippen LogP contribution < -0.4 is 5.32 Å². The van der Waals surface area contributed by atoms with Crippen LogP contribution >= 0.6 is 23.2 Å². The molecule has 1 aliphatic rings. The SMILES string of the molecule is Cn1c(CNC(=O)N2CCCCC2CCO)cc(Cl)c1Cl. The predicted molar refractivity (Wildman–Crippen MR) is 83.7 cm³/mol. The van der Waals surface area contributed by atoms with E-state index in [-0.39, 0.29) is 18.7 Å². The minimum atomic E-state index is -0.0957. The summed E-state index contributed by atoms with van der Waals surface area (Å²) < 4.78 is 1.76. The van der Waals surface area contributed by atoms with Crippen LogP contribution in [-0.4, -0.2) is 39.8 Å². The van der Waals surface area contributed by atoms with Crippen LogP contribution in [0.2, 0.25) is 10.2 Å². The lowest BCUT2D eigenvalue weighted by molar-refractivity contribution is 0.131. The molecular formula is C14H21Cl2N3O2. The van der Waals surface area contributed by atoms with Crippen LogP contribution in [-0.2, 0) is 13.6 Å². The Kier molecular flexibility index (Phi) is 5.79. The van der Waals surface area contributed by atoms with E-state index in [4.69, 9.17) is 28.3 Å². The monoisotopic (exact) mass is 333 g/mol. The van der Waals surface area contributed by atoms with Crippen molar-refractivity contribution in [2.45, 2.75) is 38.3 Å². The standard InChI is InChI=1S/C14H21Cl2N3O2/c1-18-11(8-12(15)13(18)16)9-17-14(21)19-6-3-2-4-10(19)5-7-20/h8,10,20H,2-7,9H2,1H3,(H,17,21). The van der Waals surface area contributed by atoms with E-state index in [2.05, 4.69) is 5.32 Å². The van der Waals surface area contributed by atoms with E-state index >= 15 is 0 Å². The van der Waals surface area contributed by atoms with Gasteiger partial charge in [0.15, 0.2) is 0 Å². The number of hydrogen-bond acceptors (Lipinski definition) is 2. The molecular weight excluding hydrogens is 313 g/mol.